The molecule has 0 aliphatic heterocycles. The fourth-order valence-corrected chi connectivity index (χ4v) is 9.96. The summed E-state index contributed by atoms with van der Waals surface area (Å²) in [6.45, 7) is 4.07. The van der Waals surface area contributed by atoms with E-state index < -0.39 is 36.9 Å². The molecule has 0 fully saturated rings. The van der Waals surface area contributed by atoms with Crippen LogP contribution in [-0.4, -0.2) is 57.3 Å². The Bertz CT molecular complexity index is 1180. The van der Waals surface area contributed by atoms with Crippen LogP contribution in [0.2, 0.25) is 0 Å². The smallest absolute Gasteiger partial charge is 0.249 e. The maximum Gasteiger partial charge on any atom is 0.249 e. The molecule has 0 aromatic rings. The monoisotopic (exact) mass is 1010 g/mol. The lowest BCUT2D eigenvalue weighted by atomic mass is 10.00. The molecule has 5 N–H and O–H groups in total. The maximum atomic E-state index is 12.6. The van der Waals surface area contributed by atoms with Gasteiger partial charge in [0.2, 0.25) is 5.91 Å². The number of hydrogen-bond acceptors (Lipinski definition) is 5. The van der Waals surface area contributed by atoms with Crippen molar-refractivity contribution in [1.82, 2.24) is 5.32 Å². The maximum absolute atomic E-state index is 12.6. The van der Waals surface area contributed by atoms with E-state index in [2.05, 4.69) is 67.8 Å². The van der Waals surface area contributed by atoms with Crippen molar-refractivity contribution >= 4 is 5.91 Å². The van der Waals surface area contributed by atoms with Crippen molar-refractivity contribution in [3.8, 4) is 0 Å². The van der Waals surface area contributed by atoms with Gasteiger partial charge >= 0.3 is 0 Å². The lowest BCUT2D eigenvalue weighted by Crippen LogP contribution is -2.53. The third-order valence-electron chi connectivity index (χ3n) is 15.0. The summed E-state index contributed by atoms with van der Waals surface area (Å²) in [7, 11) is 0. The fraction of sp³-hybridized carbons (Fsp3) is 0.864. The van der Waals surface area contributed by atoms with Gasteiger partial charge in [0.05, 0.1) is 18.8 Å². The number of aliphatic hydroxyl groups excluding tert-OH is 4. The molecule has 0 heterocycles. The van der Waals surface area contributed by atoms with Gasteiger partial charge in [0.1, 0.15) is 12.2 Å². The molecular formula is C66H125NO5. The van der Waals surface area contributed by atoms with Crippen molar-refractivity contribution in [3.05, 3.63) is 48.6 Å². The van der Waals surface area contributed by atoms with Crippen molar-refractivity contribution in [3.63, 3.8) is 0 Å². The second-order valence-electron chi connectivity index (χ2n) is 22.1. The zero-order chi connectivity index (χ0) is 52.3. The lowest BCUT2D eigenvalue weighted by Gasteiger charge is -2.27. The van der Waals surface area contributed by atoms with E-state index in [9.17, 15) is 25.2 Å². The number of aliphatic hydroxyl groups is 4. The minimum atomic E-state index is -1.30. The number of amides is 1. The quantitative estimate of drug-likeness (QED) is 0.0308. The van der Waals surface area contributed by atoms with E-state index in [0.717, 1.165) is 51.4 Å². The van der Waals surface area contributed by atoms with Crippen LogP contribution in [0.15, 0.2) is 48.6 Å². The summed E-state index contributed by atoms with van der Waals surface area (Å²) in [6.07, 6.45) is 77.9. The van der Waals surface area contributed by atoms with Crippen molar-refractivity contribution in [2.45, 2.75) is 359 Å². The van der Waals surface area contributed by atoms with Crippen LogP contribution in [0, 0.1) is 0 Å². The van der Waals surface area contributed by atoms with Crippen molar-refractivity contribution < 1.29 is 25.2 Å². The SMILES string of the molecule is CCCCCCCCCCC/C=C/CC/C=C/CC/C=C/CCCC(O)C(O)C(CO)NC(=O)C(O)CCCCCCCCCCCCCCCCCC/C=C\CCCCCCCCCCCCCCCC. The van der Waals surface area contributed by atoms with Gasteiger partial charge in [-0.3, -0.25) is 4.79 Å². The fourth-order valence-electron chi connectivity index (χ4n) is 9.96. The average Bonchev–Trinajstić information content (AvgIpc) is 3.39. The summed E-state index contributed by atoms with van der Waals surface area (Å²) in [6, 6.07) is -1.01. The molecule has 0 radical (unpaired) electrons. The Labute approximate surface area is 449 Å². The summed E-state index contributed by atoms with van der Waals surface area (Å²) in [5.41, 5.74) is 0. The number of nitrogens with one attached hydrogen (secondary N) is 1. The molecule has 0 saturated heterocycles. The van der Waals surface area contributed by atoms with Crippen molar-refractivity contribution in [2.75, 3.05) is 6.61 Å². The minimum absolute atomic E-state index is 0.360. The van der Waals surface area contributed by atoms with Crippen molar-refractivity contribution in [1.29, 1.82) is 0 Å². The van der Waals surface area contributed by atoms with Crippen LogP contribution in [0.1, 0.15) is 335 Å². The van der Waals surface area contributed by atoms with Crippen LogP contribution in [-0.2, 0) is 4.79 Å². The zero-order valence-corrected chi connectivity index (χ0v) is 48.2. The van der Waals surface area contributed by atoms with Crippen LogP contribution in [0.4, 0.5) is 0 Å². The highest BCUT2D eigenvalue weighted by atomic mass is 16.3. The van der Waals surface area contributed by atoms with E-state index >= 15 is 0 Å². The molecule has 0 rings (SSSR count). The van der Waals surface area contributed by atoms with E-state index in [1.807, 2.05) is 0 Å². The molecule has 6 nitrogen and oxygen atoms in total. The highest BCUT2D eigenvalue weighted by Crippen LogP contribution is 2.18. The second-order valence-corrected chi connectivity index (χ2v) is 22.1. The molecule has 0 aromatic heterocycles. The Kier molecular flexibility index (Phi) is 58.7. The topological polar surface area (TPSA) is 110 Å². The molecule has 4 atom stereocenters. The number of rotatable bonds is 59. The molecule has 424 valence electrons. The third-order valence-corrected chi connectivity index (χ3v) is 15.0. The highest BCUT2D eigenvalue weighted by molar-refractivity contribution is 5.80. The van der Waals surface area contributed by atoms with Crippen LogP contribution >= 0.6 is 0 Å². The largest absolute Gasteiger partial charge is 0.394 e. The normalized spacial score (nSPS) is 13.9. The molecule has 0 aromatic carbocycles. The van der Waals surface area contributed by atoms with Crippen LogP contribution < -0.4 is 5.32 Å². The van der Waals surface area contributed by atoms with E-state index in [1.165, 1.54) is 250 Å². The van der Waals surface area contributed by atoms with Gasteiger partial charge in [0.25, 0.3) is 0 Å². The Balaban J connectivity index is 3.61. The molecule has 4 unspecified atom stereocenters. The number of allylic oxidation sites excluding steroid dienone is 8. The first kappa shape index (κ1) is 70.3. The number of hydrogen-bond donors (Lipinski definition) is 5. The molecule has 0 saturated carbocycles. The molecule has 0 spiro atoms. The summed E-state index contributed by atoms with van der Waals surface area (Å²) < 4.78 is 0. The molecule has 0 aliphatic rings. The summed E-state index contributed by atoms with van der Waals surface area (Å²) >= 11 is 0. The van der Waals surface area contributed by atoms with Crippen molar-refractivity contribution in [2.24, 2.45) is 0 Å². The predicted molar refractivity (Wildman–Crippen MR) is 316 cm³/mol. The van der Waals surface area contributed by atoms with E-state index in [1.54, 1.807) is 0 Å². The third kappa shape index (κ3) is 53.1. The summed E-state index contributed by atoms with van der Waals surface area (Å²) in [4.78, 5) is 12.6. The first-order chi connectivity index (χ1) is 35.5. The average molecular weight is 1010 g/mol. The minimum Gasteiger partial charge on any atom is -0.394 e. The van der Waals surface area contributed by atoms with Gasteiger partial charge in [0, 0.05) is 0 Å². The van der Waals surface area contributed by atoms with Gasteiger partial charge < -0.3 is 25.7 Å². The second kappa shape index (κ2) is 60.1. The zero-order valence-electron chi connectivity index (χ0n) is 48.2. The highest BCUT2D eigenvalue weighted by Gasteiger charge is 2.28. The van der Waals surface area contributed by atoms with Crippen LogP contribution in [0.5, 0.6) is 0 Å². The molecule has 0 aliphatic carbocycles. The first-order valence-electron chi connectivity index (χ1n) is 32.0. The Morgan fingerprint density at radius 3 is 0.875 bits per heavy atom. The first-order valence-corrected chi connectivity index (χ1v) is 32.0. The molecular weight excluding hydrogens is 887 g/mol. The van der Waals surface area contributed by atoms with Gasteiger partial charge in [-0.2, -0.15) is 0 Å². The predicted octanol–water partition coefficient (Wildman–Crippen LogP) is 19.3. The number of carbonyl (C=O) groups is 1. The molecule has 1 amide bonds. The van der Waals surface area contributed by atoms with Gasteiger partial charge in [-0.05, 0) is 89.9 Å². The standard InChI is InChI=1S/C66H125NO5/c1-3-5-7-9-11-13-15-17-19-21-23-25-27-28-29-30-31-32-33-34-35-36-37-38-40-42-44-46-48-50-52-54-56-58-60-64(70)66(72)67-62(61-68)65(71)63(69)59-57-55-53-51-49-47-45-43-41-39-26-24-22-20-18-16-14-12-10-8-6-4-2/h24,26,30-31,43,45,51,53,62-65,68-71H,3-23,25,27-29,32-42,44,46-50,52,54-61H2,1-2H3,(H,67,72)/b26-24+,31-30-,45-43+,53-51+. The van der Waals surface area contributed by atoms with E-state index in [-0.39, 0.29) is 0 Å². The Hall–Kier alpha value is -1.73. The van der Waals surface area contributed by atoms with Gasteiger partial charge in [-0.25, -0.2) is 0 Å². The molecule has 6 heteroatoms. The van der Waals surface area contributed by atoms with Gasteiger partial charge in [-0.15, -0.1) is 0 Å². The van der Waals surface area contributed by atoms with Gasteiger partial charge in [0.15, 0.2) is 0 Å². The van der Waals surface area contributed by atoms with Crippen LogP contribution in [0.25, 0.3) is 0 Å². The molecule has 72 heavy (non-hydrogen) atoms. The Morgan fingerprint density at radius 1 is 0.333 bits per heavy atom. The Morgan fingerprint density at radius 2 is 0.583 bits per heavy atom. The number of carbonyl (C=O) groups excluding carboxylic acids is 1. The van der Waals surface area contributed by atoms with Gasteiger partial charge in [-0.1, -0.05) is 294 Å². The summed E-state index contributed by atoms with van der Waals surface area (Å²) in [5, 5.41) is 44.0. The van der Waals surface area contributed by atoms with E-state index in [0.29, 0.717) is 19.3 Å². The summed E-state index contributed by atoms with van der Waals surface area (Å²) in [5.74, 6) is -0.596. The molecule has 0 bridgehead atoms. The van der Waals surface area contributed by atoms with Crippen LogP contribution in [0.3, 0.4) is 0 Å². The number of unbranched alkanes of at least 4 members (excludes halogenated alkanes) is 42. The van der Waals surface area contributed by atoms with E-state index in [4.69, 9.17) is 0 Å². The lowest BCUT2D eigenvalue weighted by molar-refractivity contribution is -0.132.